The standard InChI is InChI=1S/C9H20N2O2.2ClH/c1-5-10-8(6-9(12)13)7-11(2,3)4;;/h8,10H,5-7H2,1-4H3;2*1H. The van der Waals surface area contributed by atoms with Gasteiger partial charge in [0.05, 0.1) is 40.2 Å². The molecule has 0 spiro atoms. The van der Waals surface area contributed by atoms with Crippen molar-refractivity contribution in [3.8, 4) is 0 Å². The van der Waals surface area contributed by atoms with Gasteiger partial charge in [-0.25, -0.2) is 0 Å². The minimum Gasteiger partial charge on any atom is -1.00 e. The third-order valence-corrected chi connectivity index (χ3v) is 1.68. The van der Waals surface area contributed by atoms with Gasteiger partial charge in [-0.15, -0.1) is 12.4 Å². The zero-order valence-electron chi connectivity index (χ0n) is 9.79. The highest BCUT2D eigenvalue weighted by molar-refractivity contribution is 5.85. The SMILES string of the molecule is CCNC(CC(=O)O)C[N+](C)(C)C.Cl.[Cl-]. The summed E-state index contributed by atoms with van der Waals surface area (Å²) >= 11 is 0. The van der Waals surface area contributed by atoms with Gasteiger partial charge >= 0.3 is 5.97 Å². The first-order valence-corrected chi connectivity index (χ1v) is 4.60. The van der Waals surface area contributed by atoms with Crippen LogP contribution in [0.5, 0.6) is 0 Å². The molecule has 0 radical (unpaired) electrons. The molecule has 94 valence electrons. The van der Waals surface area contributed by atoms with Crippen LogP contribution in [0.1, 0.15) is 13.3 Å². The van der Waals surface area contributed by atoms with Gasteiger partial charge in [-0.2, -0.15) is 0 Å². The molecule has 6 heteroatoms. The van der Waals surface area contributed by atoms with Gasteiger partial charge in [0.25, 0.3) is 0 Å². The molecule has 0 aromatic carbocycles. The molecule has 0 aliphatic carbocycles. The van der Waals surface area contributed by atoms with E-state index < -0.39 is 5.97 Å². The van der Waals surface area contributed by atoms with Crippen LogP contribution < -0.4 is 17.7 Å². The Morgan fingerprint density at radius 3 is 2.13 bits per heavy atom. The molecule has 0 aliphatic rings. The molecular formula is C9H22Cl2N2O2. The van der Waals surface area contributed by atoms with Gasteiger partial charge in [0.1, 0.15) is 0 Å². The van der Waals surface area contributed by atoms with Crippen LogP contribution in [0.3, 0.4) is 0 Å². The number of quaternary nitrogens is 1. The number of halogens is 2. The minimum absolute atomic E-state index is 0. The lowest BCUT2D eigenvalue weighted by atomic mass is 10.2. The molecule has 1 atom stereocenters. The van der Waals surface area contributed by atoms with Crippen molar-refractivity contribution in [2.24, 2.45) is 0 Å². The summed E-state index contributed by atoms with van der Waals surface area (Å²) in [6.45, 7) is 3.64. The molecule has 0 aromatic heterocycles. The van der Waals surface area contributed by atoms with Gasteiger partial charge in [-0.05, 0) is 6.54 Å². The number of carbonyl (C=O) groups is 1. The van der Waals surface area contributed by atoms with Gasteiger partial charge in [0, 0.05) is 0 Å². The lowest BCUT2D eigenvalue weighted by Crippen LogP contribution is -3.00. The van der Waals surface area contributed by atoms with Gasteiger partial charge in [-0.3, -0.25) is 4.79 Å². The topological polar surface area (TPSA) is 49.3 Å². The number of likely N-dealkylation sites (N-methyl/N-ethyl adjacent to an activating group) is 2. The molecule has 0 saturated carbocycles. The van der Waals surface area contributed by atoms with Gasteiger partial charge in [-0.1, -0.05) is 6.92 Å². The zero-order valence-corrected chi connectivity index (χ0v) is 11.4. The monoisotopic (exact) mass is 260 g/mol. The molecule has 0 rings (SSSR count). The lowest BCUT2D eigenvalue weighted by Gasteiger charge is -2.28. The van der Waals surface area contributed by atoms with E-state index in [0.717, 1.165) is 17.6 Å². The molecule has 0 amide bonds. The number of nitrogens with zero attached hydrogens (tertiary/aromatic N) is 1. The Balaban J connectivity index is -0.000000720. The highest BCUT2D eigenvalue weighted by atomic mass is 35.5. The Morgan fingerprint density at radius 2 is 1.87 bits per heavy atom. The summed E-state index contributed by atoms with van der Waals surface area (Å²) in [5, 5.41) is 11.8. The number of carboxylic acids is 1. The quantitative estimate of drug-likeness (QED) is 0.523. The average molecular weight is 261 g/mol. The first kappa shape index (κ1) is 20.4. The number of aliphatic carboxylic acids is 1. The van der Waals surface area contributed by atoms with Crippen molar-refractivity contribution in [3.05, 3.63) is 0 Å². The second-order valence-corrected chi connectivity index (χ2v) is 4.33. The van der Waals surface area contributed by atoms with Crippen molar-refractivity contribution in [1.82, 2.24) is 5.32 Å². The predicted octanol–water partition coefficient (Wildman–Crippen LogP) is -2.43. The maximum absolute atomic E-state index is 10.5. The second kappa shape index (κ2) is 9.21. The number of nitrogens with one attached hydrogen (secondary N) is 1. The highest BCUT2D eigenvalue weighted by Gasteiger charge is 2.19. The summed E-state index contributed by atoms with van der Waals surface area (Å²) in [5.41, 5.74) is 0. The fraction of sp³-hybridized carbons (Fsp3) is 0.889. The van der Waals surface area contributed by atoms with E-state index in [-0.39, 0.29) is 37.3 Å². The zero-order chi connectivity index (χ0) is 10.5. The van der Waals surface area contributed by atoms with E-state index in [1.807, 2.05) is 6.92 Å². The molecule has 0 saturated heterocycles. The third-order valence-electron chi connectivity index (χ3n) is 1.68. The molecule has 15 heavy (non-hydrogen) atoms. The van der Waals surface area contributed by atoms with Crippen LogP contribution in [0.4, 0.5) is 0 Å². The second-order valence-electron chi connectivity index (χ2n) is 4.33. The number of hydrogen-bond acceptors (Lipinski definition) is 2. The largest absolute Gasteiger partial charge is 1.00 e. The maximum atomic E-state index is 10.5. The van der Waals surface area contributed by atoms with Crippen LogP contribution in [0.15, 0.2) is 0 Å². The smallest absolute Gasteiger partial charge is 0.305 e. The number of hydrogen-bond donors (Lipinski definition) is 2. The van der Waals surface area contributed by atoms with E-state index >= 15 is 0 Å². The lowest BCUT2D eigenvalue weighted by molar-refractivity contribution is -0.871. The first-order chi connectivity index (χ1) is 5.85. The normalized spacial score (nSPS) is 12.3. The summed E-state index contributed by atoms with van der Waals surface area (Å²) in [4.78, 5) is 10.5. The molecule has 0 bridgehead atoms. The Hall–Kier alpha value is -0.0300. The van der Waals surface area contributed by atoms with E-state index in [1.54, 1.807) is 0 Å². The van der Waals surface area contributed by atoms with Crippen molar-refractivity contribution in [1.29, 1.82) is 0 Å². The first-order valence-electron chi connectivity index (χ1n) is 4.60. The maximum Gasteiger partial charge on any atom is 0.305 e. The van der Waals surface area contributed by atoms with Crippen LogP contribution in [-0.2, 0) is 4.79 Å². The van der Waals surface area contributed by atoms with Gasteiger partial charge in [0.15, 0.2) is 0 Å². The summed E-state index contributed by atoms with van der Waals surface area (Å²) < 4.78 is 0.783. The molecule has 0 heterocycles. The van der Waals surface area contributed by atoms with Crippen molar-refractivity contribution >= 4 is 18.4 Å². The Kier molecular flexibility index (Phi) is 12.5. The van der Waals surface area contributed by atoms with Crippen LogP contribution >= 0.6 is 12.4 Å². The van der Waals surface area contributed by atoms with Crippen molar-refractivity contribution in [2.45, 2.75) is 19.4 Å². The van der Waals surface area contributed by atoms with E-state index in [4.69, 9.17) is 5.11 Å². The molecule has 1 unspecified atom stereocenters. The molecule has 4 nitrogen and oxygen atoms in total. The van der Waals surface area contributed by atoms with Crippen molar-refractivity contribution in [2.75, 3.05) is 34.2 Å². The van der Waals surface area contributed by atoms with Crippen molar-refractivity contribution in [3.63, 3.8) is 0 Å². The number of carboxylic acid groups (broad SMARTS) is 1. The Bertz CT molecular complexity index is 172. The molecule has 0 aromatic rings. The summed E-state index contributed by atoms with van der Waals surface area (Å²) in [7, 11) is 6.19. The highest BCUT2D eigenvalue weighted by Crippen LogP contribution is 1.99. The fourth-order valence-corrected chi connectivity index (χ4v) is 1.36. The molecule has 0 aliphatic heterocycles. The molecule has 0 fully saturated rings. The van der Waals surface area contributed by atoms with Crippen molar-refractivity contribution < 1.29 is 26.8 Å². The van der Waals surface area contributed by atoms with E-state index in [2.05, 4.69) is 26.5 Å². The molecule has 2 N–H and O–H groups in total. The Morgan fingerprint density at radius 1 is 1.40 bits per heavy atom. The number of rotatable bonds is 6. The van der Waals surface area contributed by atoms with Crippen LogP contribution in [0.25, 0.3) is 0 Å². The van der Waals surface area contributed by atoms with E-state index in [1.165, 1.54) is 0 Å². The van der Waals surface area contributed by atoms with Crippen LogP contribution in [0.2, 0.25) is 0 Å². The van der Waals surface area contributed by atoms with Gasteiger partial charge < -0.3 is 27.3 Å². The summed E-state index contributed by atoms with van der Waals surface area (Å²) in [6, 6.07) is 0.0718. The van der Waals surface area contributed by atoms with Crippen LogP contribution in [-0.4, -0.2) is 55.8 Å². The minimum atomic E-state index is -0.737. The van der Waals surface area contributed by atoms with E-state index in [9.17, 15) is 4.79 Å². The van der Waals surface area contributed by atoms with E-state index in [0.29, 0.717) is 0 Å². The predicted molar refractivity (Wildman–Crippen MR) is 59.9 cm³/mol. The fourth-order valence-electron chi connectivity index (χ4n) is 1.36. The molecular weight excluding hydrogens is 239 g/mol. The summed E-state index contributed by atoms with van der Waals surface area (Å²) in [6.07, 6.45) is 0.198. The third kappa shape index (κ3) is 14.0. The van der Waals surface area contributed by atoms with Gasteiger partial charge in [0.2, 0.25) is 0 Å². The Labute approximate surface area is 104 Å². The van der Waals surface area contributed by atoms with Crippen LogP contribution in [0, 0.1) is 0 Å². The average Bonchev–Trinajstić information content (AvgIpc) is 1.81. The summed E-state index contributed by atoms with van der Waals surface area (Å²) in [5.74, 6) is -0.737.